The van der Waals surface area contributed by atoms with E-state index in [9.17, 15) is 0 Å². The lowest BCUT2D eigenvalue weighted by molar-refractivity contribution is 0.763. The van der Waals surface area contributed by atoms with E-state index in [-0.39, 0.29) is 0 Å². The van der Waals surface area contributed by atoms with Crippen molar-refractivity contribution >= 4 is 43.7 Å². The summed E-state index contributed by atoms with van der Waals surface area (Å²) in [4.78, 5) is 13.7. The predicted octanol–water partition coefficient (Wildman–Crippen LogP) is 11.9. The maximum atomic E-state index is 4.68. The fourth-order valence-electron chi connectivity index (χ4n) is 9.69. The Bertz CT molecular complexity index is 3200. The van der Waals surface area contributed by atoms with Crippen LogP contribution in [0.2, 0.25) is 0 Å². The standard InChI is InChI=1S/C51H33N5/c1-2-10-35(9-1)51(36-11-7-26-52-31-36)44-14-5-3-12-39(44)41-29-42-40-13-4-6-15-46(40)56(49(42)30-45(41)51)38-23-19-34(20-24-38)33-17-21-37(22-18-33)55-47-25-28-53-32-43(47)50-48(55)16-8-27-54-50/h1,3-32H,2H2. The molecule has 2 aliphatic rings. The van der Waals surface area contributed by atoms with Crippen LogP contribution in [0.1, 0.15) is 23.1 Å². The predicted molar refractivity (Wildman–Crippen MR) is 228 cm³/mol. The Labute approximate surface area is 323 Å². The highest BCUT2D eigenvalue weighted by molar-refractivity contribution is 6.12. The summed E-state index contributed by atoms with van der Waals surface area (Å²) in [6, 6.07) is 51.0. The normalized spacial score (nSPS) is 15.9. The average molecular weight is 716 g/mol. The molecule has 0 aliphatic heterocycles. The molecule has 5 nitrogen and oxygen atoms in total. The van der Waals surface area contributed by atoms with Crippen LogP contribution in [0.25, 0.3) is 77.4 Å². The molecule has 5 heteroatoms. The molecule has 262 valence electrons. The zero-order valence-corrected chi connectivity index (χ0v) is 30.3. The molecule has 5 heterocycles. The van der Waals surface area contributed by atoms with Gasteiger partial charge in [-0.2, -0.15) is 0 Å². The molecule has 10 aromatic rings. The summed E-state index contributed by atoms with van der Waals surface area (Å²) in [7, 11) is 0. The van der Waals surface area contributed by atoms with E-state index in [2.05, 4.69) is 182 Å². The average Bonchev–Trinajstić information content (AvgIpc) is 4.05. The highest BCUT2D eigenvalue weighted by atomic mass is 15.0. The van der Waals surface area contributed by atoms with Crippen LogP contribution in [0.5, 0.6) is 0 Å². The second-order valence-corrected chi connectivity index (χ2v) is 14.8. The summed E-state index contributed by atoms with van der Waals surface area (Å²) in [5.74, 6) is 0. The fourth-order valence-corrected chi connectivity index (χ4v) is 9.69. The number of benzene rings is 5. The second kappa shape index (κ2) is 11.8. The minimum absolute atomic E-state index is 0.467. The molecule has 0 saturated heterocycles. The first-order valence-corrected chi connectivity index (χ1v) is 19.1. The third-order valence-electron chi connectivity index (χ3n) is 12.0. The first-order valence-electron chi connectivity index (χ1n) is 19.1. The summed E-state index contributed by atoms with van der Waals surface area (Å²) < 4.78 is 4.71. The lowest BCUT2D eigenvalue weighted by Crippen LogP contribution is -2.28. The van der Waals surface area contributed by atoms with Crippen LogP contribution in [0.4, 0.5) is 0 Å². The van der Waals surface area contributed by atoms with Crippen molar-refractivity contribution in [3.8, 4) is 33.6 Å². The Kier molecular flexibility index (Phi) is 6.55. The smallest absolute Gasteiger partial charge is 0.0978 e. The molecule has 12 rings (SSSR count). The van der Waals surface area contributed by atoms with Crippen LogP contribution in [0, 0.1) is 0 Å². The summed E-state index contributed by atoms with van der Waals surface area (Å²) in [6.45, 7) is 0. The van der Waals surface area contributed by atoms with Crippen molar-refractivity contribution in [3.63, 3.8) is 0 Å². The Hall–Kier alpha value is -7.37. The monoisotopic (exact) mass is 715 g/mol. The molecule has 0 N–H and O–H groups in total. The molecule has 0 saturated carbocycles. The molecule has 0 bridgehead atoms. The van der Waals surface area contributed by atoms with E-state index in [4.69, 9.17) is 0 Å². The van der Waals surface area contributed by atoms with Crippen molar-refractivity contribution in [2.45, 2.75) is 11.8 Å². The van der Waals surface area contributed by atoms with Crippen LogP contribution in [-0.4, -0.2) is 24.1 Å². The summed E-state index contributed by atoms with van der Waals surface area (Å²) in [5, 5.41) is 3.55. The number of allylic oxidation sites excluding steroid dienone is 4. The molecule has 5 aromatic heterocycles. The van der Waals surface area contributed by atoms with Crippen LogP contribution >= 0.6 is 0 Å². The quantitative estimate of drug-likeness (QED) is 0.178. The van der Waals surface area contributed by atoms with E-state index < -0.39 is 5.41 Å². The van der Waals surface area contributed by atoms with Crippen molar-refractivity contribution in [1.82, 2.24) is 24.1 Å². The van der Waals surface area contributed by atoms with Crippen LogP contribution in [0.3, 0.4) is 0 Å². The van der Waals surface area contributed by atoms with Crippen molar-refractivity contribution in [1.29, 1.82) is 0 Å². The third kappa shape index (κ3) is 4.22. The van der Waals surface area contributed by atoms with Gasteiger partial charge >= 0.3 is 0 Å². The van der Waals surface area contributed by atoms with Gasteiger partial charge in [-0.3, -0.25) is 15.0 Å². The highest BCUT2D eigenvalue weighted by Gasteiger charge is 2.47. The third-order valence-corrected chi connectivity index (χ3v) is 12.0. The molecule has 1 unspecified atom stereocenters. The van der Waals surface area contributed by atoms with Gasteiger partial charge < -0.3 is 9.13 Å². The number of hydrogen-bond acceptors (Lipinski definition) is 3. The van der Waals surface area contributed by atoms with E-state index in [1.807, 2.05) is 30.9 Å². The number of fused-ring (bicyclic) bond motifs is 9. The Morgan fingerprint density at radius 2 is 1.21 bits per heavy atom. The zero-order chi connectivity index (χ0) is 36.8. The fraction of sp³-hybridized carbons (Fsp3) is 0.0392. The van der Waals surface area contributed by atoms with Gasteiger partial charge in [-0.05, 0) is 118 Å². The molecule has 1 atom stereocenters. The van der Waals surface area contributed by atoms with Gasteiger partial charge in [0.05, 0.1) is 33.0 Å². The Morgan fingerprint density at radius 1 is 0.500 bits per heavy atom. The topological polar surface area (TPSA) is 48.5 Å². The molecule has 0 radical (unpaired) electrons. The number of hydrogen-bond donors (Lipinski definition) is 0. The number of nitrogens with zero attached hydrogens (tertiary/aromatic N) is 5. The van der Waals surface area contributed by atoms with Crippen molar-refractivity contribution in [2.24, 2.45) is 0 Å². The van der Waals surface area contributed by atoms with E-state index in [0.717, 1.165) is 45.3 Å². The largest absolute Gasteiger partial charge is 0.309 e. The van der Waals surface area contributed by atoms with Crippen LogP contribution in [0.15, 0.2) is 194 Å². The second-order valence-electron chi connectivity index (χ2n) is 14.8. The van der Waals surface area contributed by atoms with Crippen molar-refractivity contribution in [3.05, 3.63) is 211 Å². The van der Waals surface area contributed by atoms with Gasteiger partial charge in [0.15, 0.2) is 0 Å². The van der Waals surface area contributed by atoms with Gasteiger partial charge in [-0.25, -0.2) is 0 Å². The molecular weight excluding hydrogens is 683 g/mol. The SMILES string of the molecule is C1=CC(C2(c3cccnc3)c3ccccc3-c3cc4c5ccccc5n(-c5ccc(-c6ccc(-n7c8ccncc8c8ncccc87)cc6)cc5)c4cc32)=CC1. The van der Waals surface area contributed by atoms with E-state index in [1.165, 1.54) is 60.8 Å². The van der Waals surface area contributed by atoms with Crippen molar-refractivity contribution in [2.75, 3.05) is 0 Å². The zero-order valence-electron chi connectivity index (χ0n) is 30.3. The molecule has 0 fully saturated rings. The minimum atomic E-state index is -0.467. The van der Waals surface area contributed by atoms with Gasteiger partial charge in [0.2, 0.25) is 0 Å². The van der Waals surface area contributed by atoms with Gasteiger partial charge in [0, 0.05) is 58.5 Å². The van der Waals surface area contributed by atoms with E-state index in [0.29, 0.717) is 0 Å². The maximum absolute atomic E-state index is 4.68. The first-order chi connectivity index (χ1) is 27.8. The summed E-state index contributed by atoms with van der Waals surface area (Å²) in [6.07, 6.45) is 17.4. The number of aromatic nitrogens is 5. The minimum Gasteiger partial charge on any atom is -0.309 e. The summed E-state index contributed by atoms with van der Waals surface area (Å²) >= 11 is 0. The Morgan fingerprint density at radius 3 is 2.00 bits per heavy atom. The summed E-state index contributed by atoms with van der Waals surface area (Å²) in [5.41, 5.74) is 17.3. The molecule has 2 aliphatic carbocycles. The van der Waals surface area contributed by atoms with E-state index in [1.54, 1.807) is 0 Å². The van der Waals surface area contributed by atoms with Gasteiger partial charge in [0.1, 0.15) is 0 Å². The Balaban J connectivity index is 1.01. The molecule has 0 amide bonds. The lowest BCUT2D eigenvalue weighted by atomic mass is 9.68. The lowest BCUT2D eigenvalue weighted by Gasteiger charge is -2.33. The molecular formula is C51H33N5. The number of rotatable bonds is 5. The molecule has 5 aromatic carbocycles. The van der Waals surface area contributed by atoms with Gasteiger partial charge in [-0.15, -0.1) is 0 Å². The highest BCUT2D eigenvalue weighted by Crippen LogP contribution is 2.58. The molecule has 0 spiro atoms. The molecule has 56 heavy (non-hydrogen) atoms. The van der Waals surface area contributed by atoms with Crippen LogP contribution < -0.4 is 0 Å². The first kappa shape index (κ1) is 31.0. The maximum Gasteiger partial charge on any atom is 0.0978 e. The van der Waals surface area contributed by atoms with Gasteiger partial charge in [-0.1, -0.05) is 91.0 Å². The van der Waals surface area contributed by atoms with Crippen molar-refractivity contribution < 1.29 is 0 Å². The number of pyridine rings is 3. The van der Waals surface area contributed by atoms with Gasteiger partial charge in [0.25, 0.3) is 0 Å². The van der Waals surface area contributed by atoms with E-state index >= 15 is 0 Å². The number of para-hydroxylation sites is 1. The van der Waals surface area contributed by atoms with Crippen LogP contribution in [-0.2, 0) is 5.41 Å².